The Morgan fingerprint density at radius 2 is 1.89 bits per heavy atom. The molecule has 0 aliphatic rings. The second-order valence-corrected chi connectivity index (χ2v) is 4.27. The van der Waals surface area contributed by atoms with E-state index in [1.54, 1.807) is 12.1 Å². The summed E-state index contributed by atoms with van der Waals surface area (Å²) in [6.45, 7) is 4.15. The van der Waals surface area contributed by atoms with Gasteiger partial charge in [-0.15, -0.1) is 0 Å². The molecule has 1 heterocycles. The first-order valence-electron chi connectivity index (χ1n) is 6.24. The van der Waals surface area contributed by atoms with Gasteiger partial charge in [0.25, 0.3) is 5.69 Å². The maximum Gasteiger partial charge on any atom is 0.269 e. The zero-order valence-corrected chi connectivity index (χ0v) is 10.9. The van der Waals surface area contributed by atoms with Crippen molar-refractivity contribution in [2.75, 3.05) is 0 Å². The van der Waals surface area contributed by atoms with Gasteiger partial charge in [0.15, 0.2) is 0 Å². The van der Waals surface area contributed by atoms with Crippen LogP contribution in [-0.4, -0.2) is 15.1 Å². The van der Waals surface area contributed by atoms with Gasteiger partial charge in [0.05, 0.1) is 4.92 Å². The molecule has 0 aliphatic carbocycles. The first-order chi connectivity index (χ1) is 9.15. The number of nitrogens with zero attached hydrogens (tertiary/aromatic N) is 3. The van der Waals surface area contributed by atoms with Crippen LogP contribution in [0.5, 0.6) is 0 Å². The van der Waals surface area contributed by atoms with Gasteiger partial charge in [0.1, 0.15) is 0 Å². The highest BCUT2D eigenvalue weighted by molar-refractivity contribution is 5.56. The number of aromatic nitrogens is 2. The Morgan fingerprint density at radius 3 is 2.42 bits per heavy atom. The molecule has 0 unspecified atom stereocenters. The van der Waals surface area contributed by atoms with E-state index in [-0.39, 0.29) is 11.6 Å². The summed E-state index contributed by atoms with van der Waals surface area (Å²) in [4.78, 5) is 14.5. The molecule has 0 saturated heterocycles. The van der Waals surface area contributed by atoms with E-state index in [1.807, 2.05) is 0 Å². The summed E-state index contributed by atoms with van der Waals surface area (Å²) in [5.74, 6) is 1.36. The van der Waals surface area contributed by atoms with Gasteiger partial charge in [-0.25, -0.2) is 0 Å². The van der Waals surface area contributed by atoms with Gasteiger partial charge >= 0.3 is 0 Å². The predicted molar refractivity (Wildman–Crippen MR) is 69.7 cm³/mol. The lowest BCUT2D eigenvalue weighted by Gasteiger charge is -2.04. The van der Waals surface area contributed by atoms with Crippen LogP contribution in [0.1, 0.15) is 38.5 Å². The number of nitro benzene ring substituents is 1. The van der Waals surface area contributed by atoms with Crippen molar-refractivity contribution in [3.05, 3.63) is 40.3 Å². The lowest BCUT2D eigenvalue weighted by Crippen LogP contribution is -1.95. The molecule has 0 saturated carbocycles. The van der Waals surface area contributed by atoms with Crippen LogP contribution < -0.4 is 0 Å². The summed E-state index contributed by atoms with van der Waals surface area (Å²) in [6, 6.07) is 6.12. The Labute approximate surface area is 110 Å². The molecule has 0 aliphatic heterocycles. The Morgan fingerprint density at radius 1 is 1.26 bits per heavy atom. The molecule has 0 atom stereocenters. The number of hydrogen-bond acceptors (Lipinski definition) is 5. The van der Waals surface area contributed by atoms with Crippen molar-refractivity contribution in [3.8, 4) is 11.4 Å². The molecule has 0 amide bonds. The fourth-order valence-electron chi connectivity index (χ4n) is 1.89. The molecule has 0 N–H and O–H groups in total. The topological polar surface area (TPSA) is 82.1 Å². The van der Waals surface area contributed by atoms with Crippen LogP contribution in [0.2, 0.25) is 0 Å². The summed E-state index contributed by atoms with van der Waals surface area (Å²) in [7, 11) is 0. The van der Waals surface area contributed by atoms with Gasteiger partial charge in [-0.05, 0) is 25.0 Å². The van der Waals surface area contributed by atoms with E-state index >= 15 is 0 Å². The highest BCUT2D eigenvalue weighted by atomic mass is 16.6. The van der Waals surface area contributed by atoms with Gasteiger partial charge in [0.2, 0.25) is 11.7 Å². The van der Waals surface area contributed by atoms with E-state index in [0.29, 0.717) is 17.3 Å². The molecule has 0 bridgehead atoms. The summed E-state index contributed by atoms with van der Waals surface area (Å²) in [6.07, 6.45) is 1.89. The lowest BCUT2D eigenvalue weighted by molar-refractivity contribution is -0.384. The number of benzene rings is 1. The highest BCUT2D eigenvalue weighted by Crippen LogP contribution is 2.25. The summed E-state index contributed by atoms with van der Waals surface area (Å²) < 4.78 is 5.25. The molecule has 0 spiro atoms. The fourth-order valence-corrected chi connectivity index (χ4v) is 1.89. The average molecular weight is 261 g/mol. The zero-order chi connectivity index (χ0) is 13.8. The van der Waals surface area contributed by atoms with Crippen LogP contribution in [-0.2, 0) is 0 Å². The number of nitro groups is 1. The number of hydrogen-bond donors (Lipinski definition) is 0. The molecule has 2 aromatic rings. The first kappa shape index (κ1) is 13.2. The van der Waals surface area contributed by atoms with Gasteiger partial charge < -0.3 is 4.52 Å². The van der Waals surface area contributed by atoms with Crippen LogP contribution >= 0.6 is 0 Å². The molecule has 1 aromatic heterocycles. The van der Waals surface area contributed by atoms with Gasteiger partial charge in [-0.3, -0.25) is 10.1 Å². The summed E-state index contributed by atoms with van der Waals surface area (Å²) in [5.41, 5.74) is 0.763. The van der Waals surface area contributed by atoms with E-state index in [1.165, 1.54) is 12.1 Å². The zero-order valence-electron chi connectivity index (χ0n) is 10.9. The Balaban J connectivity index is 2.25. The van der Waals surface area contributed by atoms with E-state index in [4.69, 9.17) is 4.52 Å². The molecular formula is C13H15N3O3. The Kier molecular flexibility index (Phi) is 3.89. The molecule has 100 valence electrons. The monoisotopic (exact) mass is 261 g/mol. The SMILES string of the molecule is CCC(CC)c1nc(-c2ccc([N+](=O)[O-])cc2)no1. The van der Waals surface area contributed by atoms with Crippen molar-refractivity contribution >= 4 is 5.69 Å². The molecule has 6 nitrogen and oxygen atoms in total. The normalized spacial score (nSPS) is 10.9. The molecule has 1 aromatic carbocycles. The predicted octanol–water partition coefficient (Wildman–Crippen LogP) is 3.55. The quantitative estimate of drug-likeness (QED) is 0.607. The van der Waals surface area contributed by atoms with E-state index in [0.717, 1.165) is 12.8 Å². The third-order valence-corrected chi connectivity index (χ3v) is 3.11. The molecule has 2 rings (SSSR count). The van der Waals surface area contributed by atoms with Crippen LogP contribution in [0.25, 0.3) is 11.4 Å². The van der Waals surface area contributed by atoms with Crippen molar-refractivity contribution in [2.45, 2.75) is 32.6 Å². The van der Waals surface area contributed by atoms with Gasteiger partial charge in [-0.2, -0.15) is 4.98 Å². The van der Waals surface area contributed by atoms with Crippen LogP contribution in [0.15, 0.2) is 28.8 Å². The van der Waals surface area contributed by atoms with Crippen molar-refractivity contribution < 1.29 is 9.45 Å². The molecule has 0 fully saturated rings. The minimum atomic E-state index is -0.435. The number of rotatable bonds is 5. The second kappa shape index (κ2) is 5.60. The molecule has 6 heteroatoms. The van der Waals surface area contributed by atoms with Crippen LogP contribution in [0.3, 0.4) is 0 Å². The molecule has 19 heavy (non-hydrogen) atoms. The van der Waals surface area contributed by atoms with E-state index in [9.17, 15) is 10.1 Å². The second-order valence-electron chi connectivity index (χ2n) is 4.27. The van der Waals surface area contributed by atoms with Crippen LogP contribution in [0, 0.1) is 10.1 Å². The Hall–Kier alpha value is -2.24. The minimum Gasteiger partial charge on any atom is -0.339 e. The van der Waals surface area contributed by atoms with Gasteiger partial charge in [0, 0.05) is 23.6 Å². The van der Waals surface area contributed by atoms with E-state index in [2.05, 4.69) is 24.0 Å². The van der Waals surface area contributed by atoms with Crippen LogP contribution in [0.4, 0.5) is 5.69 Å². The standard InChI is InChI=1S/C13H15N3O3/c1-3-9(4-2)13-14-12(15-19-13)10-5-7-11(8-6-10)16(17)18/h5-9H,3-4H2,1-2H3. The highest BCUT2D eigenvalue weighted by Gasteiger charge is 2.16. The van der Waals surface area contributed by atoms with Crippen molar-refractivity contribution in [1.82, 2.24) is 10.1 Å². The average Bonchev–Trinajstić information content (AvgIpc) is 2.90. The van der Waals surface area contributed by atoms with Crippen molar-refractivity contribution in [2.24, 2.45) is 0 Å². The van der Waals surface area contributed by atoms with Crippen molar-refractivity contribution in [1.29, 1.82) is 0 Å². The summed E-state index contributed by atoms with van der Waals surface area (Å²) >= 11 is 0. The molecule has 0 radical (unpaired) electrons. The van der Waals surface area contributed by atoms with E-state index < -0.39 is 4.92 Å². The molecular weight excluding hydrogens is 246 g/mol. The third kappa shape index (κ3) is 2.78. The lowest BCUT2D eigenvalue weighted by atomic mass is 10.0. The van der Waals surface area contributed by atoms with Gasteiger partial charge in [-0.1, -0.05) is 19.0 Å². The maximum absolute atomic E-state index is 10.6. The largest absolute Gasteiger partial charge is 0.339 e. The smallest absolute Gasteiger partial charge is 0.269 e. The first-order valence-corrected chi connectivity index (χ1v) is 6.24. The Bertz CT molecular complexity index is 559. The summed E-state index contributed by atoms with van der Waals surface area (Å²) in [5, 5.41) is 14.5. The number of non-ortho nitro benzene ring substituents is 1. The third-order valence-electron chi connectivity index (χ3n) is 3.11. The fraction of sp³-hybridized carbons (Fsp3) is 0.385. The minimum absolute atomic E-state index is 0.0486. The maximum atomic E-state index is 10.6. The van der Waals surface area contributed by atoms with Crippen molar-refractivity contribution in [3.63, 3.8) is 0 Å².